The average molecular weight is 434 g/mol. The number of fused-ring (bicyclic) bond motifs is 1. The number of nitrogens with zero attached hydrogens (tertiary/aromatic N) is 3. The van der Waals surface area contributed by atoms with Gasteiger partial charge in [0, 0.05) is 42.9 Å². The van der Waals surface area contributed by atoms with Crippen molar-refractivity contribution >= 4 is 11.8 Å². The lowest BCUT2D eigenvalue weighted by Crippen LogP contribution is -2.17. The Morgan fingerprint density at radius 3 is 2.56 bits per heavy atom. The second-order valence-electron chi connectivity index (χ2n) is 8.13. The summed E-state index contributed by atoms with van der Waals surface area (Å²) < 4.78 is 11.9. The average Bonchev–Trinajstić information content (AvgIpc) is 3.21. The first-order valence-corrected chi connectivity index (χ1v) is 11.3. The largest absolute Gasteiger partial charge is 0.491 e. The zero-order valence-corrected chi connectivity index (χ0v) is 18.8. The highest BCUT2D eigenvalue weighted by Crippen LogP contribution is 2.32. The van der Waals surface area contributed by atoms with Crippen molar-refractivity contribution in [3.63, 3.8) is 0 Å². The van der Waals surface area contributed by atoms with Gasteiger partial charge in [-0.3, -0.25) is 4.98 Å². The monoisotopic (exact) mass is 433 g/mol. The molecule has 0 spiro atoms. The van der Waals surface area contributed by atoms with Crippen LogP contribution in [0.1, 0.15) is 42.1 Å². The van der Waals surface area contributed by atoms with Crippen molar-refractivity contribution in [2.75, 3.05) is 24.7 Å². The van der Waals surface area contributed by atoms with Crippen LogP contribution in [0.2, 0.25) is 0 Å². The summed E-state index contributed by atoms with van der Waals surface area (Å²) in [5.41, 5.74) is 10.5. The van der Waals surface area contributed by atoms with Crippen LogP contribution in [-0.2, 0) is 25.7 Å². The molecule has 2 heterocycles. The van der Waals surface area contributed by atoms with Crippen molar-refractivity contribution in [3.05, 3.63) is 65.1 Å². The molecular weight excluding hydrogens is 402 g/mol. The van der Waals surface area contributed by atoms with Crippen LogP contribution in [0.3, 0.4) is 0 Å². The van der Waals surface area contributed by atoms with Crippen molar-refractivity contribution < 1.29 is 9.47 Å². The number of unbranched alkanes of at least 4 members (excludes halogenated alkanes) is 1. The fraction of sp³-hybridized carbons (Fsp3) is 0.400. The lowest BCUT2D eigenvalue weighted by Gasteiger charge is -2.17. The lowest BCUT2D eigenvalue weighted by atomic mass is 10.1. The molecule has 3 N–H and O–H groups in total. The maximum Gasteiger partial charge on any atom is 0.221 e. The minimum absolute atomic E-state index is 0.108. The van der Waals surface area contributed by atoms with E-state index >= 15 is 0 Å². The van der Waals surface area contributed by atoms with Crippen LogP contribution in [-0.4, -0.2) is 34.7 Å². The van der Waals surface area contributed by atoms with E-state index in [4.69, 9.17) is 15.2 Å². The lowest BCUT2D eigenvalue weighted by molar-refractivity contribution is 0.203. The fourth-order valence-electron chi connectivity index (χ4n) is 4.03. The maximum absolute atomic E-state index is 6.36. The molecule has 0 fully saturated rings. The van der Waals surface area contributed by atoms with Crippen LogP contribution in [0.25, 0.3) is 0 Å². The Morgan fingerprint density at radius 2 is 1.84 bits per heavy atom. The highest BCUT2D eigenvalue weighted by Gasteiger charge is 2.24. The summed E-state index contributed by atoms with van der Waals surface area (Å²) in [7, 11) is 1.65. The molecule has 0 radical (unpaired) electrons. The van der Waals surface area contributed by atoms with Crippen LogP contribution in [0.4, 0.5) is 11.8 Å². The molecule has 0 saturated carbocycles. The molecule has 1 aliphatic rings. The molecule has 0 unspecified atom stereocenters. The third-order valence-electron chi connectivity index (χ3n) is 5.77. The number of aryl methyl sites for hydroxylation is 2. The predicted octanol–water partition coefficient (Wildman–Crippen LogP) is 4.01. The van der Waals surface area contributed by atoms with E-state index in [1.807, 2.05) is 6.07 Å². The third kappa shape index (κ3) is 5.28. The Balaban J connectivity index is 1.44. The molecule has 0 amide bonds. The summed E-state index contributed by atoms with van der Waals surface area (Å²) >= 11 is 0. The number of rotatable bonds is 10. The number of methoxy groups -OCH3 is 1. The van der Waals surface area contributed by atoms with Gasteiger partial charge in [0.25, 0.3) is 0 Å². The van der Waals surface area contributed by atoms with Gasteiger partial charge in [-0.2, -0.15) is 4.98 Å². The number of pyridine rings is 1. The third-order valence-corrected chi connectivity index (χ3v) is 5.77. The number of nitrogens with two attached hydrogens (primary N) is 1. The number of nitrogens with one attached hydrogen (secondary N) is 1. The highest BCUT2D eigenvalue weighted by molar-refractivity contribution is 5.47. The molecule has 4 rings (SSSR count). The molecule has 7 nitrogen and oxygen atoms in total. The minimum atomic E-state index is 0.108. The summed E-state index contributed by atoms with van der Waals surface area (Å²) in [5, 5.41) is 3.38. The van der Waals surface area contributed by atoms with Gasteiger partial charge in [0.1, 0.15) is 11.9 Å². The van der Waals surface area contributed by atoms with E-state index in [1.165, 1.54) is 11.1 Å². The first kappa shape index (κ1) is 21.9. The van der Waals surface area contributed by atoms with Crippen LogP contribution < -0.4 is 20.5 Å². The van der Waals surface area contributed by atoms with Crippen LogP contribution in [0.15, 0.2) is 42.7 Å². The number of aromatic nitrogens is 3. The van der Waals surface area contributed by atoms with Gasteiger partial charge >= 0.3 is 0 Å². The maximum atomic E-state index is 6.36. The Labute approximate surface area is 189 Å². The Morgan fingerprint density at radius 1 is 1.06 bits per heavy atom. The topological polar surface area (TPSA) is 95.2 Å². The molecule has 7 heteroatoms. The van der Waals surface area contributed by atoms with Gasteiger partial charge in [-0.25, -0.2) is 4.98 Å². The van der Waals surface area contributed by atoms with E-state index in [-0.39, 0.29) is 12.1 Å². The highest BCUT2D eigenvalue weighted by atomic mass is 16.5. The molecule has 3 aromatic rings. The predicted molar refractivity (Wildman–Crippen MR) is 126 cm³/mol. The van der Waals surface area contributed by atoms with E-state index in [9.17, 15) is 0 Å². The van der Waals surface area contributed by atoms with Gasteiger partial charge in [-0.15, -0.1) is 0 Å². The van der Waals surface area contributed by atoms with Crippen LogP contribution in [0.5, 0.6) is 11.5 Å². The second-order valence-corrected chi connectivity index (χ2v) is 8.13. The summed E-state index contributed by atoms with van der Waals surface area (Å²) in [6, 6.07) is 10.5. The molecule has 0 aliphatic heterocycles. The normalized spacial score (nSPS) is 13.1. The van der Waals surface area contributed by atoms with Gasteiger partial charge in [-0.1, -0.05) is 37.6 Å². The van der Waals surface area contributed by atoms with Gasteiger partial charge in [0.05, 0.1) is 13.3 Å². The number of ether oxygens (including phenoxy) is 2. The van der Waals surface area contributed by atoms with Gasteiger partial charge < -0.3 is 20.5 Å². The first-order valence-electron chi connectivity index (χ1n) is 11.3. The zero-order valence-electron chi connectivity index (χ0n) is 18.8. The van der Waals surface area contributed by atoms with Crippen molar-refractivity contribution in [1.82, 2.24) is 15.0 Å². The van der Waals surface area contributed by atoms with E-state index < -0.39 is 0 Å². The molecule has 32 heavy (non-hydrogen) atoms. The van der Waals surface area contributed by atoms with Gasteiger partial charge in [0.15, 0.2) is 11.5 Å². The second kappa shape index (κ2) is 10.3. The summed E-state index contributed by atoms with van der Waals surface area (Å²) in [6.45, 7) is 3.03. The number of hydrogen-bond acceptors (Lipinski definition) is 7. The van der Waals surface area contributed by atoms with Crippen molar-refractivity contribution in [3.8, 4) is 11.5 Å². The first-order chi connectivity index (χ1) is 15.7. The fourth-order valence-corrected chi connectivity index (χ4v) is 4.03. The SMILES string of the molecule is CCCCNc1nc(N)ncc1CCc1cc(OC2Cc3ccccc3C2)c(OC)cn1. The molecule has 0 saturated heterocycles. The van der Waals surface area contributed by atoms with Crippen molar-refractivity contribution in [1.29, 1.82) is 0 Å². The number of hydrogen-bond donors (Lipinski definition) is 2. The summed E-state index contributed by atoms with van der Waals surface area (Å²) in [6.07, 6.45) is 9.15. The molecule has 0 atom stereocenters. The number of benzene rings is 1. The molecule has 1 aliphatic carbocycles. The quantitative estimate of drug-likeness (QED) is 0.467. The molecule has 1 aromatic carbocycles. The smallest absolute Gasteiger partial charge is 0.221 e. The Hall–Kier alpha value is -3.35. The number of anilines is 2. The van der Waals surface area contributed by atoms with E-state index in [0.717, 1.165) is 67.9 Å². The van der Waals surface area contributed by atoms with E-state index in [1.54, 1.807) is 19.5 Å². The van der Waals surface area contributed by atoms with Crippen molar-refractivity contribution in [2.45, 2.75) is 51.6 Å². The Bertz CT molecular complexity index is 1030. The standard InChI is InChI=1S/C25H31N5O2/c1-3-4-11-27-24-19(15-29-25(26)30-24)9-10-20-14-22(23(31-2)16-28-20)32-21-12-17-7-5-6-8-18(17)13-21/h5-8,14-16,21H,3-4,9-13H2,1-2H3,(H3,26,27,29,30). The summed E-state index contributed by atoms with van der Waals surface area (Å²) in [5.74, 6) is 2.48. The zero-order chi connectivity index (χ0) is 22.3. The minimum Gasteiger partial charge on any atom is -0.491 e. The van der Waals surface area contributed by atoms with Crippen LogP contribution >= 0.6 is 0 Å². The number of nitrogen functional groups attached to an aromatic ring is 1. The van der Waals surface area contributed by atoms with E-state index in [0.29, 0.717) is 5.75 Å². The molecule has 2 aromatic heterocycles. The summed E-state index contributed by atoms with van der Waals surface area (Å²) in [4.78, 5) is 13.1. The molecule has 0 bridgehead atoms. The molecule has 168 valence electrons. The van der Waals surface area contributed by atoms with Crippen LogP contribution in [0, 0.1) is 0 Å². The van der Waals surface area contributed by atoms with Gasteiger partial charge in [-0.05, 0) is 30.4 Å². The van der Waals surface area contributed by atoms with E-state index in [2.05, 4.69) is 51.5 Å². The van der Waals surface area contributed by atoms with Crippen molar-refractivity contribution in [2.24, 2.45) is 0 Å². The molecular formula is C25H31N5O2. The van der Waals surface area contributed by atoms with Gasteiger partial charge in [0.2, 0.25) is 5.95 Å². The Kier molecular flexibility index (Phi) is 7.04.